The first-order valence-corrected chi connectivity index (χ1v) is 6.85. The number of nitrogens with zero attached hydrogens (tertiary/aromatic N) is 2. The van der Waals surface area contributed by atoms with Gasteiger partial charge in [0, 0.05) is 18.4 Å². The number of fused-ring (bicyclic) bond motifs is 1. The van der Waals surface area contributed by atoms with Crippen molar-refractivity contribution in [2.45, 2.75) is 19.5 Å². The van der Waals surface area contributed by atoms with Crippen molar-refractivity contribution < 1.29 is 0 Å². The van der Waals surface area contributed by atoms with Crippen LogP contribution in [0.1, 0.15) is 24.4 Å². The van der Waals surface area contributed by atoms with Crippen molar-refractivity contribution in [3.05, 3.63) is 70.5 Å². The zero-order chi connectivity index (χ0) is 14.7. The number of hydrogen-bond donors (Lipinski definition) is 2. The first-order chi connectivity index (χ1) is 10.2. The van der Waals surface area contributed by atoms with Crippen molar-refractivity contribution in [2.75, 3.05) is 0 Å². The second-order valence-electron chi connectivity index (χ2n) is 4.91. The molecular weight excluding hydrogens is 264 g/mol. The average molecular weight is 280 g/mol. The molecule has 0 amide bonds. The van der Waals surface area contributed by atoms with E-state index in [0.717, 1.165) is 11.1 Å². The Bertz CT molecular complexity index is 798. The Morgan fingerprint density at radius 1 is 1.19 bits per heavy atom. The van der Waals surface area contributed by atoms with E-state index in [2.05, 4.69) is 27.2 Å². The van der Waals surface area contributed by atoms with Gasteiger partial charge in [0.25, 0.3) is 5.56 Å². The van der Waals surface area contributed by atoms with Gasteiger partial charge in [-0.3, -0.25) is 9.78 Å². The van der Waals surface area contributed by atoms with Gasteiger partial charge in [0.05, 0.1) is 17.4 Å². The van der Waals surface area contributed by atoms with Gasteiger partial charge in [0.15, 0.2) is 0 Å². The van der Waals surface area contributed by atoms with Gasteiger partial charge >= 0.3 is 0 Å². The van der Waals surface area contributed by atoms with Crippen LogP contribution in [-0.2, 0) is 6.54 Å². The van der Waals surface area contributed by atoms with Crippen LogP contribution in [0.15, 0.2) is 53.6 Å². The molecule has 0 spiro atoms. The molecule has 2 N–H and O–H groups in total. The van der Waals surface area contributed by atoms with E-state index in [1.165, 1.54) is 0 Å². The molecule has 0 saturated carbocycles. The van der Waals surface area contributed by atoms with E-state index in [9.17, 15) is 4.79 Å². The standard InChI is InChI=1S/C16H16N4O/c1-11(12-6-8-17-9-7-12)18-10-15-19-14-5-3-2-4-13(14)16(21)20-15/h2-9,11,18H,10H2,1H3,(H,19,20,21)/t11-/m1/s1. The minimum atomic E-state index is -0.103. The largest absolute Gasteiger partial charge is 0.309 e. The lowest BCUT2D eigenvalue weighted by Crippen LogP contribution is -2.22. The highest BCUT2D eigenvalue weighted by molar-refractivity contribution is 5.77. The fraction of sp³-hybridized carbons (Fsp3) is 0.188. The molecular formula is C16H16N4O. The summed E-state index contributed by atoms with van der Waals surface area (Å²) in [5.41, 5.74) is 1.76. The highest BCUT2D eigenvalue weighted by Crippen LogP contribution is 2.11. The van der Waals surface area contributed by atoms with Crippen molar-refractivity contribution in [1.82, 2.24) is 20.3 Å². The first kappa shape index (κ1) is 13.5. The predicted octanol–water partition coefficient (Wildman–Crippen LogP) is 2.17. The molecule has 0 aliphatic heterocycles. The van der Waals surface area contributed by atoms with Gasteiger partial charge < -0.3 is 10.3 Å². The fourth-order valence-corrected chi connectivity index (χ4v) is 2.24. The molecule has 2 heterocycles. The van der Waals surface area contributed by atoms with Crippen LogP contribution in [0.25, 0.3) is 10.9 Å². The Kier molecular flexibility index (Phi) is 3.75. The number of aromatic amines is 1. The summed E-state index contributed by atoms with van der Waals surface area (Å²) in [6.45, 7) is 2.57. The van der Waals surface area contributed by atoms with E-state index in [1.807, 2.05) is 30.3 Å². The maximum Gasteiger partial charge on any atom is 0.258 e. The van der Waals surface area contributed by atoms with Crippen molar-refractivity contribution in [1.29, 1.82) is 0 Å². The number of aromatic nitrogens is 3. The third-order valence-corrected chi connectivity index (χ3v) is 3.44. The summed E-state index contributed by atoms with van der Waals surface area (Å²) in [5.74, 6) is 0.639. The Hall–Kier alpha value is -2.53. The summed E-state index contributed by atoms with van der Waals surface area (Å²) in [4.78, 5) is 23.3. The van der Waals surface area contributed by atoms with Crippen LogP contribution in [0.5, 0.6) is 0 Å². The molecule has 0 aliphatic carbocycles. The molecule has 0 fully saturated rings. The number of pyridine rings is 1. The summed E-state index contributed by atoms with van der Waals surface area (Å²) in [6.07, 6.45) is 3.54. The van der Waals surface area contributed by atoms with E-state index < -0.39 is 0 Å². The second-order valence-corrected chi connectivity index (χ2v) is 4.91. The van der Waals surface area contributed by atoms with Gasteiger partial charge in [-0.2, -0.15) is 0 Å². The molecule has 3 rings (SSSR count). The summed E-state index contributed by atoms with van der Waals surface area (Å²) < 4.78 is 0. The Balaban J connectivity index is 1.78. The third kappa shape index (κ3) is 2.98. The molecule has 0 bridgehead atoms. The lowest BCUT2D eigenvalue weighted by Gasteiger charge is -2.13. The van der Waals surface area contributed by atoms with Gasteiger partial charge in [0.1, 0.15) is 5.82 Å². The highest BCUT2D eigenvalue weighted by Gasteiger charge is 2.07. The van der Waals surface area contributed by atoms with E-state index in [1.54, 1.807) is 18.5 Å². The SMILES string of the molecule is C[C@@H](NCc1nc2ccccc2c(=O)[nH]1)c1ccncc1. The van der Waals surface area contributed by atoms with E-state index >= 15 is 0 Å². The lowest BCUT2D eigenvalue weighted by atomic mass is 10.1. The van der Waals surface area contributed by atoms with Crippen LogP contribution in [-0.4, -0.2) is 15.0 Å². The van der Waals surface area contributed by atoms with Crippen molar-refractivity contribution in [3.8, 4) is 0 Å². The number of rotatable bonds is 4. The van der Waals surface area contributed by atoms with E-state index in [-0.39, 0.29) is 11.6 Å². The van der Waals surface area contributed by atoms with Gasteiger partial charge in [-0.15, -0.1) is 0 Å². The smallest absolute Gasteiger partial charge is 0.258 e. The molecule has 0 unspecified atom stereocenters. The van der Waals surface area contributed by atoms with Crippen molar-refractivity contribution in [3.63, 3.8) is 0 Å². The summed E-state index contributed by atoms with van der Waals surface area (Å²) >= 11 is 0. The molecule has 106 valence electrons. The molecule has 1 atom stereocenters. The molecule has 3 aromatic rings. The second kappa shape index (κ2) is 5.85. The quantitative estimate of drug-likeness (QED) is 0.768. The minimum Gasteiger partial charge on any atom is -0.309 e. The van der Waals surface area contributed by atoms with Crippen LogP contribution < -0.4 is 10.9 Å². The Morgan fingerprint density at radius 3 is 2.76 bits per heavy atom. The Labute approximate surface area is 122 Å². The van der Waals surface area contributed by atoms with Crippen molar-refractivity contribution >= 4 is 10.9 Å². The zero-order valence-corrected chi connectivity index (χ0v) is 11.7. The number of hydrogen-bond acceptors (Lipinski definition) is 4. The predicted molar refractivity (Wildman–Crippen MR) is 81.9 cm³/mol. The van der Waals surface area contributed by atoms with E-state index in [4.69, 9.17) is 0 Å². The van der Waals surface area contributed by atoms with Crippen molar-refractivity contribution in [2.24, 2.45) is 0 Å². The van der Waals surface area contributed by atoms with Crippen LogP contribution in [0.2, 0.25) is 0 Å². The molecule has 5 nitrogen and oxygen atoms in total. The highest BCUT2D eigenvalue weighted by atomic mass is 16.1. The Morgan fingerprint density at radius 2 is 1.95 bits per heavy atom. The van der Waals surface area contributed by atoms with Crippen LogP contribution in [0, 0.1) is 0 Å². The summed E-state index contributed by atoms with van der Waals surface area (Å²) in [5, 5.41) is 3.96. The molecule has 0 aliphatic rings. The monoisotopic (exact) mass is 280 g/mol. The minimum absolute atomic E-state index is 0.103. The number of nitrogens with one attached hydrogen (secondary N) is 2. The van der Waals surface area contributed by atoms with Gasteiger partial charge in [0.2, 0.25) is 0 Å². The topological polar surface area (TPSA) is 70.7 Å². The van der Waals surface area contributed by atoms with E-state index in [0.29, 0.717) is 17.8 Å². The molecule has 0 radical (unpaired) electrons. The maximum atomic E-state index is 12.0. The maximum absolute atomic E-state index is 12.0. The van der Waals surface area contributed by atoms with Crippen LogP contribution >= 0.6 is 0 Å². The zero-order valence-electron chi connectivity index (χ0n) is 11.7. The number of para-hydroxylation sites is 1. The van der Waals surface area contributed by atoms with Crippen LogP contribution in [0.4, 0.5) is 0 Å². The number of H-pyrrole nitrogens is 1. The normalized spacial score (nSPS) is 12.4. The van der Waals surface area contributed by atoms with Gasteiger partial charge in [-0.25, -0.2) is 4.98 Å². The summed E-state index contributed by atoms with van der Waals surface area (Å²) in [6, 6.07) is 11.4. The first-order valence-electron chi connectivity index (χ1n) is 6.85. The van der Waals surface area contributed by atoms with Gasteiger partial charge in [-0.1, -0.05) is 12.1 Å². The van der Waals surface area contributed by atoms with Crippen LogP contribution in [0.3, 0.4) is 0 Å². The number of benzene rings is 1. The molecule has 0 saturated heterocycles. The molecule has 5 heteroatoms. The summed E-state index contributed by atoms with van der Waals surface area (Å²) in [7, 11) is 0. The lowest BCUT2D eigenvalue weighted by molar-refractivity contribution is 0.559. The average Bonchev–Trinajstić information content (AvgIpc) is 2.53. The fourth-order valence-electron chi connectivity index (χ4n) is 2.24. The molecule has 1 aromatic carbocycles. The molecule has 21 heavy (non-hydrogen) atoms. The third-order valence-electron chi connectivity index (χ3n) is 3.44. The molecule has 2 aromatic heterocycles. The van der Waals surface area contributed by atoms with Gasteiger partial charge in [-0.05, 0) is 36.8 Å².